The summed E-state index contributed by atoms with van der Waals surface area (Å²) in [5.41, 5.74) is 1.08. The zero-order valence-corrected chi connectivity index (χ0v) is 16.4. The maximum atomic E-state index is 12.2. The maximum Gasteiger partial charge on any atom is 0.341 e. The first-order chi connectivity index (χ1) is 12.4. The fourth-order valence-electron chi connectivity index (χ4n) is 1.91. The van der Waals surface area contributed by atoms with Gasteiger partial charge >= 0.3 is 5.97 Å². The highest BCUT2D eigenvalue weighted by Crippen LogP contribution is 2.27. The van der Waals surface area contributed by atoms with Crippen LogP contribution < -0.4 is 10.1 Å². The van der Waals surface area contributed by atoms with Crippen molar-refractivity contribution in [2.24, 2.45) is 0 Å². The van der Waals surface area contributed by atoms with Crippen molar-refractivity contribution in [3.63, 3.8) is 0 Å². The molecule has 2 rings (SSSR count). The Morgan fingerprint density at radius 1 is 1.19 bits per heavy atom. The van der Waals surface area contributed by atoms with Crippen LogP contribution in [-0.2, 0) is 9.59 Å². The van der Waals surface area contributed by atoms with E-state index in [4.69, 9.17) is 9.84 Å². The zero-order chi connectivity index (χ0) is 19.1. The number of nitrogens with zero attached hydrogens (tertiary/aromatic N) is 1. The Morgan fingerprint density at radius 3 is 2.46 bits per heavy atom. The number of carboxylic acid groups (broad SMARTS) is 1. The molecule has 0 saturated carbocycles. The Bertz CT molecular complexity index is 902. The van der Waals surface area contributed by atoms with Crippen LogP contribution in [0.15, 0.2) is 57.0 Å². The van der Waals surface area contributed by atoms with Gasteiger partial charge < -0.3 is 15.2 Å². The number of nitrogens with one attached hydrogen (secondary N) is 1. The number of anilines is 1. The van der Waals surface area contributed by atoms with Crippen molar-refractivity contribution in [2.45, 2.75) is 0 Å². The van der Waals surface area contributed by atoms with Crippen molar-refractivity contribution in [3.8, 4) is 11.8 Å². The number of carbonyl (C=O) groups is 2. The second-order valence-corrected chi connectivity index (χ2v) is 6.77. The number of rotatable bonds is 6. The molecule has 0 aromatic heterocycles. The Kier molecular flexibility index (Phi) is 6.95. The number of hydrogen-bond acceptors (Lipinski definition) is 4. The molecule has 0 aliphatic heterocycles. The molecule has 6 nitrogen and oxygen atoms in total. The van der Waals surface area contributed by atoms with Crippen LogP contribution in [-0.4, -0.2) is 23.6 Å². The van der Waals surface area contributed by atoms with Gasteiger partial charge in [0.15, 0.2) is 6.61 Å². The van der Waals surface area contributed by atoms with E-state index in [0.717, 1.165) is 4.47 Å². The molecule has 0 saturated heterocycles. The van der Waals surface area contributed by atoms with Crippen LogP contribution in [0.25, 0.3) is 6.08 Å². The molecule has 0 spiro atoms. The Hall–Kier alpha value is -2.63. The summed E-state index contributed by atoms with van der Waals surface area (Å²) < 4.78 is 6.49. The molecule has 132 valence electrons. The molecular weight excluding hydrogens is 468 g/mol. The fourth-order valence-corrected chi connectivity index (χ4v) is 2.69. The van der Waals surface area contributed by atoms with E-state index < -0.39 is 18.5 Å². The highest BCUT2D eigenvalue weighted by molar-refractivity contribution is 9.10. The van der Waals surface area contributed by atoms with Crippen molar-refractivity contribution in [1.82, 2.24) is 0 Å². The van der Waals surface area contributed by atoms with Crippen LogP contribution in [0, 0.1) is 11.3 Å². The normalized spacial score (nSPS) is 10.7. The maximum absolute atomic E-state index is 12.2. The lowest BCUT2D eigenvalue weighted by atomic mass is 10.1. The molecule has 8 heteroatoms. The quantitative estimate of drug-likeness (QED) is 0.477. The lowest BCUT2D eigenvalue weighted by Crippen LogP contribution is -2.13. The number of nitriles is 1. The molecule has 0 heterocycles. The van der Waals surface area contributed by atoms with Gasteiger partial charge in [-0.25, -0.2) is 4.79 Å². The van der Waals surface area contributed by atoms with Gasteiger partial charge in [-0.2, -0.15) is 5.26 Å². The molecule has 2 aromatic rings. The van der Waals surface area contributed by atoms with E-state index in [1.54, 1.807) is 42.5 Å². The smallest absolute Gasteiger partial charge is 0.341 e. The number of carbonyl (C=O) groups excluding carboxylic acids is 1. The van der Waals surface area contributed by atoms with Crippen LogP contribution in [0.2, 0.25) is 0 Å². The summed E-state index contributed by atoms with van der Waals surface area (Å²) in [6.45, 7) is -0.465. The van der Waals surface area contributed by atoms with Gasteiger partial charge in [0.1, 0.15) is 17.4 Å². The molecule has 26 heavy (non-hydrogen) atoms. The topological polar surface area (TPSA) is 99.4 Å². The van der Waals surface area contributed by atoms with Crippen LogP contribution in [0.1, 0.15) is 5.56 Å². The summed E-state index contributed by atoms with van der Waals surface area (Å²) in [4.78, 5) is 22.8. The SMILES string of the molecule is N#C/C(=C/c1ccc(OCC(=O)O)c(Br)c1)C(=O)Nc1ccc(Br)cc1. The predicted molar refractivity (Wildman–Crippen MR) is 104 cm³/mol. The molecule has 2 N–H and O–H groups in total. The molecular formula is C18H12Br2N2O4. The molecule has 0 aliphatic rings. The van der Waals surface area contributed by atoms with Gasteiger partial charge in [-0.3, -0.25) is 4.79 Å². The average molecular weight is 480 g/mol. The average Bonchev–Trinajstić information content (AvgIpc) is 2.60. The van der Waals surface area contributed by atoms with E-state index in [0.29, 0.717) is 21.5 Å². The van der Waals surface area contributed by atoms with Gasteiger partial charge in [0, 0.05) is 10.2 Å². The second-order valence-electron chi connectivity index (χ2n) is 5.00. The zero-order valence-electron chi connectivity index (χ0n) is 13.2. The molecule has 1 amide bonds. The lowest BCUT2D eigenvalue weighted by molar-refractivity contribution is -0.139. The molecule has 2 aromatic carbocycles. The number of carboxylic acids is 1. The first-order valence-corrected chi connectivity index (χ1v) is 8.80. The molecule has 0 atom stereocenters. The number of hydrogen-bond donors (Lipinski definition) is 2. The van der Waals surface area contributed by atoms with Crippen molar-refractivity contribution in [3.05, 3.63) is 62.5 Å². The summed E-state index contributed by atoms with van der Waals surface area (Å²) in [7, 11) is 0. The van der Waals surface area contributed by atoms with E-state index in [-0.39, 0.29) is 5.57 Å². The molecule has 0 fully saturated rings. The number of halogens is 2. The molecule has 0 bridgehead atoms. The van der Waals surface area contributed by atoms with Crippen molar-refractivity contribution in [1.29, 1.82) is 5.26 Å². The Balaban J connectivity index is 2.15. The number of ether oxygens (including phenoxy) is 1. The molecule has 0 unspecified atom stereocenters. The van der Waals surface area contributed by atoms with E-state index in [1.165, 1.54) is 6.08 Å². The highest BCUT2D eigenvalue weighted by Gasteiger charge is 2.11. The van der Waals surface area contributed by atoms with Crippen molar-refractivity contribution >= 4 is 55.5 Å². The van der Waals surface area contributed by atoms with Crippen LogP contribution >= 0.6 is 31.9 Å². The standard InChI is InChI=1S/C18H12Br2N2O4/c19-13-2-4-14(5-3-13)22-18(25)12(9-21)7-11-1-6-16(15(20)8-11)26-10-17(23)24/h1-8H,10H2,(H,22,25)(H,23,24)/b12-7-. The second kappa shape index (κ2) is 9.17. The van der Waals surface area contributed by atoms with Gasteiger partial charge in [-0.1, -0.05) is 22.0 Å². The third-order valence-electron chi connectivity index (χ3n) is 3.09. The van der Waals surface area contributed by atoms with Crippen LogP contribution in [0.5, 0.6) is 5.75 Å². The van der Waals surface area contributed by atoms with Gasteiger partial charge in [0.05, 0.1) is 4.47 Å². The Morgan fingerprint density at radius 2 is 1.88 bits per heavy atom. The number of benzene rings is 2. The fraction of sp³-hybridized carbons (Fsp3) is 0.0556. The van der Waals surface area contributed by atoms with Crippen molar-refractivity contribution in [2.75, 3.05) is 11.9 Å². The third kappa shape index (κ3) is 5.72. The minimum atomic E-state index is -1.09. The van der Waals surface area contributed by atoms with Gasteiger partial charge in [-0.15, -0.1) is 0 Å². The van der Waals surface area contributed by atoms with Gasteiger partial charge in [0.25, 0.3) is 5.91 Å². The molecule has 0 aliphatic carbocycles. The predicted octanol–water partition coefficient (Wildman–Crippen LogP) is 4.22. The van der Waals surface area contributed by atoms with Crippen molar-refractivity contribution < 1.29 is 19.4 Å². The van der Waals surface area contributed by atoms with E-state index in [2.05, 4.69) is 37.2 Å². The summed E-state index contributed by atoms with van der Waals surface area (Å²) >= 11 is 6.58. The number of amides is 1. The summed E-state index contributed by atoms with van der Waals surface area (Å²) in [5, 5.41) is 20.5. The molecule has 0 radical (unpaired) electrons. The van der Waals surface area contributed by atoms with E-state index >= 15 is 0 Å². The first-order valence-electron chi connectivity index (χ1n) is 7.22. The van der Waals surface area contributed by atoms with Crippen LogP contribution in [0.3, 0.4) is 0 Å². The highest BCUT2D eigenvalue weighted by atomic mass is 79.9. The van der Waals surface area contributed by atoms with E-state index in [9.17, 15) is 14.9 Å². The third-order valence-corrected chi connectivity index (χ3v) is 4.23. The van der Waals surface area contributed by atoms with E-state index in [1.807, 2.05) is 6.07 Å². The first kappa shape index (κ1) is 19.7. The lowest BCUT2D eigenvalue weighted by Gasteiger charge is -2.07. The minimum absolute atomic E-state index is 0.0703. The Labute approximate surface area is 166 Å². The van der Waals surface area contributed by atoms with Crippen LogP contribution in [0.4, 0.5) is 5.69 Å². The minimum Gasteiger partial charge on any atom is -0.481 e. The number of aliphatic carboxylic acids is 1. The largest absolute Gasteiger partial charge is 0.481 e. The summed E-state index contributed by atoms with van der Waals surface area (Å²) in [6.07, 6.45) is 1.43. The summed E-state index contributed by atoms with van der Waals surface area (Å²) in [5.74, 6) is -1.27. The summed E-state index contributed by atoms with van der Waals surface area (Å²) in [6, 6.07) is 13.6. The van der Waals surface area contributed by atoms with Gasteiger partial charge in [-0.05, 0) is 64.0 Å². The van der Waals surface area contributed by atoms with Gasteiger partial charge in [0.2, 0.25) is 0 Å². The monoisotopic (exact) mass is 478 g/mol.